The molecule has 7 heteroatoms. The van der Waals surface area contributed by atoms with Crippen LogP contribution in [-0.4, -0.2) is 23.7 Å². The van der Waals surface area contributed by atoms with Crippen LogP contribution >= 0.6 is 35.4 Å². The van der Waals surface area contributed by atoms with Crippen molar-refractivity contribution in [1.29, 1.82) is 0 Å². The van der Waals surface area contributed by atoms with Gasteiger partial charge in [-0.25, -0.2) is 0 Å². The first-order valence-corrected chi connectivity index (χ1v) is 8.86. The van der Waals surface area contributed by atoms with Crippen molar-refractivity contribution < 1.29 is 9.53 Å². The van der Waals surface area contributed by atoms with Crippen molar-refractivity contribution in [3.8, 4) is 5.75 Å². The van der Waals surface area contributed by atoms with Crippen LogP contribution in [0.1, 0.15) is 12.5 Å². The third-order valence-electron chi connectivity index (χ3n) is 3.35. The lowest BCUT2D eigenvalue weighted by Gasteiger charge is -2.16. The van der Waals surface area contributed by atoms with Crippen LogP contribution in [-0.2, 0) is 11.2 Å². The lowest BCUT2D eigenvalue weighted by molar-refractivity contribution is -0.125. The molecule has 0 aromatic heterocycles. The Morgan fingerprint density at radius 2 is 1.92 bits per heavy atom. The summed E-state index contributed by atoms with van der Waals surface area (Å²) in [5.74, 6) is 0.0277. The molecule has 0 radical (unpaired) electrons. The number of rotatable bonds is 6. The van der Waals surface area contributed by atoms with Crippen LogP contribution in [0.3, 0.4) is 0 Å². The topological polar surface area (TPSA) is 50.4 Å². The molecule has 2 rings (SSSR count). The zero-order valence-corrected chi connectivity index (χ0v) is 15.9. The maximum Gasteiger partial charge on any atom is 0.266 e. The predicted octanol–water partition coefficient (Wildman–Crippen LogP) is 3.99. The molecule has 0 aliphatic carbocycles. The second kappa shape index (κ2) is 9.61. The third-order valence-corrected chi connectivity index (χ3v) is 4.12. The van der Waals surface area contributed by atoms with Crippen molar-refractivity contribution in [2.45, 2.75) is 19.4 Å². The maximum absolute atomic E-state index is 12.1. The van der Waals surface area contributed by atoms with Gasteiger partial charge in [0.1, 0.15) is 5.75 Å². The van der Waals surface area contributed by atoms with Gasteiger partial charge in [-0.15, -0.1) is 0 Å². The molecule has 0 saturated carbocycles. The fourth-order valence-electron chi connectivity index (χ4n) is 2.04. The van der Waals surface area contributed by atoms with Crippen LogP contribution < -0.4 is 15.4 Å². The molecule has 25 heavy (non-hydrogen) atoms. The first-order chi connectivity index (χ1) is 12.0. The number of halogens is 2. The predicted molar refractivity (Wildman–Crippen MR) is 105 cm³/mol. The third kappa shape index (κ3) is 6.53. The van der Waals surface area contributed by atoms with E-state index < -0.39 is 6.10 Å². The smallest absolute Gasteiger partial charge is 0.266 e. The van der Waals surface area contributed by atoms with Gasteiger partial charge in [0.05, 0.1) is 5.02 Å². The van der Waals surface area contributed by atoms with E-state index in [1.165, 1.54) is 5.56 Å². The molecular weight excluding hydrogens is 379 g/mol. The van der Waals surface area contributed by atoms with Gasteiger partial charge in [-0.05, 0) is 49.3 Å². The van der Waals surface area contributed by atoms with Crippen molar-refractivity contribution in [2.24, 2.45) is 0 Å². The minimum atomic E-state index is -0.757. The average Bonchev–Trinajstić information content (AvgIpc) is 2.58. The van der Waals surface area contributed by atoms with Gasteiger partial charge in [-0.1, -0.05) is 53.5 Å². The highest BCUT2D eigenvalue weighted by molar-refractivity contribution is 7.80. The molecule has 0 aliphatic heterocycles. The Kier molecular flexibility index (Phi) is 7.50. The second-order valence-electron chi connectivity index (χ2n) is 5.32. The van der Waals surface area contributed by atoms with E-state index in [9.17, 15) is 4.79 Å². The maximum atomic E-state index is 12.1. The molecule has 2 aromatic rings. The Morgan fingerprint density at radius 3 is 2.60 bits per heavy atom. The van der Waals surface area contributed by atoms with E-state index in [4.69, 9.17) is 40.2 Å². The molecule has 2 aromatic carbocycles. The number of carbonyl (C=O) groups excluding carboxylic acids is 1. The van der Waals surface area contributed by atoms with Crippen LogP contribution in [0.15, 0.2) is 48.5 Å². The number of benzene rings is 2. The number of carbonyl (C=O) groups is 1. The summed E-state index contributed by atoms with van der Waals surface area (Å²) < 4.78 is 5.55. The number of hydrogen-bond donors (Lipinski definition) is 2. The fraction of sp³-hybridized carbons (Fsp3) is 0.222. The summed E-state index contributed by atoms with van der Waals surface area (Å²) in [6.45, 7) is 2.24. The van der Waals surface area contributed by atoms with E-state index in [1.54, 1.807) is 25.1 Å². The van der Waals surface area contributed by atoms with Crippen molar-refractivity contribution in [3.63, 3.8) is 0 Å². The summed E-state index contributed by atoms with van der Waals surface area (Å²) in [6.07, 6.45) is 0.0519. The van der Waals surface area contributed by atoms with E-state index >= 15 is 0 Å². The number of nitrogens with one attached hydrogen (secondary N) is 2. The van der Waals surface area contributed by atoms with Crippen LogP contribution in [0, 0.1) is 0 Å². The molecule has 0 bridgehead atoms. The lowest BCUT2D eigenvalue weighted by atomic mass is 10.1. The van der Waals surface area contributed by atoms with E-state index in [0.29, 0.717) is 22.3 Å². The molecule has 4 nitrogen and oxygen atoms in total. The fourth-order valence-corrected chi connectivity index (χ4v) is 2.69. The van der Waals surface area contributed by atoms with Gasteiger partial charge in [-0.3, -0.25) is 10.1 Å². The van der Waals surface area contributed by atoms with E-state index in [0.717, 1.165) is 6.42 Å². The summed E-state index contributed by atoms with van der Waals surface area (Å²) in [4.78, 5) is 12.1. The zero-order valence-electron chi connectivity index (χ0n) is 13.6. The number of ether oxygens (including phenoxy) is 1. The molecule has 2 N–H and O–H groups in total. The summed E-state index contributed by atoms with van der Waals surface area (Å²) >= 11 is 17.0. The van der Waals surface area contributed by atoms with Crippen molar-refractivity contribution in [1.82, 2.24) is 10.6 Å². The van der Waals surface area contributed by atoms with Gasteiger partial charge in [0.15, 0.2) is 11.2 Å². The van der Waals surface area contributed by atoms with Crippen molar-refractivity contribution >= 4 is 46.4 Å². The Hall–Kier alpha value is -1.82. The molecule has 132 valence electrons. The van der Waals surface area contributed by atoms with E-state index in [1.807, 2.05) is 30.3 Å². The Bertz CT molecular complexity index is 741. The Labute approximate surface area is 162 Å². The lowest BCUT2D eigenvalue weighted by Crippen LogP contribution is -2.45. The average molecular weight is 397 g/mol. The highest BCUT2D eigenvalue weighted by atomic mass is 35.5. The van der Waals surface area contributed by atoms with Gasteiger partial charge in [0, 0.05) is 11.6 Å². The van der Waals surface area contributed by atoms with Gasteiger partial charge >= 0.3 is 0 Å². The highest BCUT2D eigenvalue weighted by Gasteiger charge is 2.17. The first-order valence-electron chi connectivity index (χ1n) is 7.70. The molecule has 0 heterocycles. The van der Waals surface area contributed by atoms with Crippen LogP contribution in [0.2, 0.25) is 10.0 Å². The molecule has 0 aliphatic rings. The minimum Gasteiger partial charge on any atom is -0.479 e. The minimum absolute atomic E-state index is 0.263. The van der Waals surface area contributed by atoms with Gasteiger partial charge in [-0.2, -0.15) is 0 Å². The quantitative estimate of drug-likeness (QED) is 0.724. The monoisotopic (exact) mass is 396 g/mol. The van der Waals surface area contributed by atoms with Gasteiger partial charge in [0.25, 0.3) is 5.91 Å². The largest absolute Gasteiger partial charge is 0.479 e. The summed E-state index contributed by atoms with van der Waals surface area (Å²) in [6, 6.07) is 14.8. The van der Waals surface area contributed by atoms with E-state index in [2.05, 4.69) is 10.6 Å². The molecule has 1 amide bonds. The molecule has 0 fully saturated rings. The molecule has 0 saturated heterocycles. The Balaban J connectivity index is 1.77. The molecule has 1 unspecified atom stereocenters. The summed E-state index contributed by atoms with van der Waals surface area (Å²) in [5, 5.41) is 6.71. The molecule has 0 spiro atoms. The Morgan fingerprint density at radius 1 is 1.20 bits per heavy atom. The van der Waals surface area contributed by atoms with Crippen LogP contribution in [0.5, 0.6) is 5.75 Å². The SMILES string of the molecule is CC(Oc1ccc(Cl)cc1Cl)C(=O)NC(=S)NCCc1ccccc1. The number of amides is 1. The normalized spacial score (nSPS) is 11.5. The van der Waals surface area contributed by atoms with Gasteiger partial charge in [0.2, 0.25) is 0 Å². The van der Waals surface area contributed by atoms with Crippen molar-refractivity contribution in [3.05, 3.63) is 64.1 Å². The number of thiocarbonyl (C=S) groups is 1. The highest BCUT2D eigenvalue weighted by Crippen LogP contribution is 2.28. The standard InChI is InChI=1S/C18H18Cl2N2O2S/c1-12(24-16-8-7-14(19)11-15(16)20)17(23)22-18(25)21-10-9-13-5-3-2-4-6-13/h2-8,11-12H,9-10H2,1H3,(H2,21,22,23,25). The van der Waals surface area contributed by atoms with Crippen LogP contribution in [0.4, 0.5) is 0 Å². The summed E-state index contributed by atoms with van der Waals surface area (Å²) in [5.41, 5.74) is 1.19. The van der Waals surface area contributed by atoms with E-state index in [-0.39, 0.29) is 11.0 Å². The van der Waals surface area contributed by atoms with Crippen molar-refractivity contribution in [2.75, 3.05) is 6.54 Å². The molecule has 1 atom stereocenters. The second-order valence-corrected chi connectivity index (χ2v) is 6.57. The first kappa shape index (κ1) is 19.5. The van der Waals surface area contributed by atoms with Crippen LogP contribution in [0.25, 0.3) is 0 Å². The van der Waals surface area contributed by atoms with Gasteiger partial charge < -0.3 is 10.1 Å². The number of hydrogen-bond acceptors (Lipinski definition) is 3. The summed E-state index contributed by atoms with van der Waals surface area (Å²) in [7, 11) is 0. The molecular formula is C18H18Cl2N2O2S. The zero-order chi connectivity index (χ0) is 18.2.